The number of carbonyl (C=O) groups excluding carboxylic acids is 1. The Hall–Kier alpha value is -2.74. The van der Waals surface area contributed by atoms with E-state index in [0.717, 1.165) is 11.4 Å². The molecule has 3 aromatic rings. The van der Waals surface area contributed by atoms with E-state index in [0.29, 0.717) is 42.4 Å². The Morgan fingerprint density at radius 3 is 2.75 bits per heavy atom. The summed E-state index contributed by atoms with van der Waals surface area (Å²) in [5.74, 6) is 0.845. The van der Waals surface area contributed by atoms with Gasteiger partial charge in [-0.15, -0.1) is 15.3 Å². The van der Waals surface area contributed by atoms with Crippen molar-refractivity contribution in [2.45, 2.75) is 19.5 Å². The highest BCUT2D eigenvalue weighted by Gasteiger charge is 2.22. The van der Waals surface area contributed by atoms with E-state index in [-0.39, 0.29) is 12.3 Å². The van der Waals surface area contributed by atoms with E-state index in [1.807, 2.05) is 17.0 Å². The SMILES string of the molecule is CC(F)c1cc(Cl)cc(CC(=O)N2CCN(c3ccc4nncn4n3)CC2)c1. The molecule has 1 amide bonds. The number of aromatic nitrogens is 4. The van der Waals surface area contributed by atoms with Gasteiger partial charge in [0.2, 0.25) is 5.91 Å². The average Bonchev–Trinajstić information content (AvgIpc) is 3.15. The molecule has 28 heavy (non-hydrogen) atoms. The molecule has 0 bridgehead atoms. The zero-order valence-corrected chi connectivity index (χ0v) is 16.2. The summed E-state index contributed by atoms with van der Waals surface area (Å²) in [5.41, 5.74) is 1.93. The van der Waals surface area contributed by atoms with E-state index in [4.69, 9.17) is 11.6 Å². The quantitative estimate of drug-likeness (QED) is 0.671. The zero-order chi connectivity index (χ0) is 19.7. The molecular formula is C19H20ClFN6O. The number of rotatable bonds is 4. The second kappa shape index (κ2) is 7.71. The number of nitrogens with zero attached hydrogens (tertiary/aromatic N) is 6. The lowest BCUT2D eigenvalue weighted by molar-refractivity contribution is -0.130. The number of benzene rings is 1. The molecule has 1 unspecified atom stereocenters. The van der Waals surface area contributed by atoms with E-state index >= 15 is 0 Å². The van der Waals surface area contributed by atoms with Gasteiger partial charge in [-0.1, -0.05) is 17.7 Å². The first-order valence-electron chi connectivity index (χ1n) is 9.13. The number of fused-ring (bicyclic) bond motifs is 1. The van der Waals surface area contributed by atoms with Crippen molar-refractivity contribution in [1.29, 1.82) is 0 Å². The van der Waals surface area contributed by atoms with Gasteiger partial charge < -0.3 is 9.80 Å². The van der Waals surface area contributed by atoms with Crippen molar-refractivity contribution in [2.24, 2.45) is 0 Å². The number of anilines is 1. The Morgan fingerprint density at radius 1 is 1.21 bits per heavy atom. The predicted octanol–water partition coefficient (Wildman–Crippen LogP) is 2.70. The van der Waals surface area contributed by atoms with Gasteiger partial charge in [0, 0.05) is 31.2 Å². The van der Waals surface area contributed by atoms with Crippen LogP contribution in [0.1, 0.15) is 24.2 Å². The standard InChI is InChI=1S/C19H20ClFN6O/c1-13(21)15-8-14(9-16(20)11-15)10-19(28)26-6-4-25(5-7-26)18-3-2-17-23-22-12-27(17)24-18/h2-3,8-9,11-13H,4-7,10H2,1H3. The number of hydrogen-bond donors (Lipinski definition) is 0. The highest BCUT2D eigenvalue weighted by Crippen LogP contribution is 2.23. The van der Waals surface area contributed by atoms with Gasteiger partial charge in [0.05, 0.1) is 6.42 Å². The Labute approximate surface area is 166 Å². The Bertz CT molecular complexity index is 999. The first-order chi connectivity index (χ1) is 13.5. The van der Waals surface area contributed by atoms with Crippen LogP contribution in [0.2, 0.25) is 5.02 Å². The molecular weight excluding hydrogens is 383 g/mol. The molecule has 1 aliphatic heterocycles. The van der Waals surface area contributed by atoms with Crippen LogP contribution in [0.5, 0.6) is 0 Å². The molecule has 1 atom stereocenters. The van der Waals surface area contributed by atoms with Gasteiger partial charge in [-0.25, -0.2) is 4.39 Å². The van der Waals surface area contributed by atoms with Crippen LogP contribution in [0, 0.1) is 0 Å². The molecule has 1 aromatic carbocycles. The zero-order valence-electron chi connectivity index (χ0n) is 15.4. The van der Waals surface area contributed by atoms with E-state index in [1.54, 1.807) is 29.0 Å². The molecule has 0 radical (unpaired) electrons. The largest absolute Gasteiger partial charge is 0.352 e. The van der Waals surface area contributed by atoms with Gasteiger partial charge in [-0.05, 0) is 42.3 Å². The number of amides is 1. The summed E-state index contributed by atoms with van der Waals surface area (Å²) >= 11 is 6.07. The minimum Gasteiger partial charge on any atom is -0.352 e. The summed E-state index contributed by atoms with van der Waals surface area (Å²) in [4.78, 5) is 16.6. The highest BCUT2D eigenvalue weighted by atomic mass is 35.5. The first-order valence-corrected chi connectivity index (χ1v) is 9.50. The van der Waals surface area contributed by atoms with E-state index < -0.39 is 6.17 Å². The van der Waals surface area contributed by atoms with Gasteiger partial charge in [0.25, 0.3) is 0 Å². The number of carbonyl (C=O) groups is 1. The van der Waals surface area contributed by atoms with Crippen molar-refractivity contribution in [2.75, 3.05) is 31.1 Å². The van der Waals surface area contributed by atoms with Crippen molar-refractivity contribution in [3.05, 3.63) is 52.8 Å². The third-order valence-electron chi connectivity index (χ3n) is 4.90. The van der Waals surface area contributed by atoms with Gasteiger partial charge in [0.1, 0.15) is 18.3 Å². The number of hydrogen-bond acceptors (Lipinski definition) is 5. The lowest BCUT2D eigenvalue weighted by Crippen LogP contribution is -2.49. The lowest BCUT2D eigenvalue weighted by atomic mass is 10.0. The lowest BCUT2D eigenvalue weighted by Gasteiger charge is -2.35. The molecule has 0 N–H and O–H groups in total. The van der Waals surface area contributed by atoms with Gasteiger partial charge in [0.15, 0.2) is 5.65 Å². The molecule has 0 saturated carbocycles. The minimum absolute atomic E-state index is 0.0154. The highest BCUT2D eigenvalue weighted by molar-refractivity contribution is 6.30. The van der Waals surface area contributed by atoms with Crippen molar-refractivity contribution < 1.29 is 9.18 Å². The van der Waals surface area contributed by atoms with Crippen LogP contribution in [0.3, 0.4) is 0 Å². The summed E-state index contributed by atoms with van der Waals surface area (Å²) < 4.78 is 15.2. The van der Waals surface area contributed by atoms with E-state index in [9.17, 15) is 9.18 Å². The van der Waals surface area contributed by atoms with Crippen molar-refractivity contribution in [3.8, 4) is 0 Å². The van der Waals surface area contributed by atoms with Gasteiger partial charge >= 0.3 is 0 Å². The summed E-state index contributed by atoms with van der Waals surface area (Å²) in [5, 5.41) is 12.7. The van der Waals surface area contributed by atoms with Crippen molar-refractivity contribution >= 4 is 29.0 Å². The second-order valence-electron chi connectivity index (χ2n) is 6.88. The number of piperazine rings is 1. The molecule has 1 aliphatic rings. The van der Waals surface area contributed by atoms with Crippen LogP contribution >= 0.6 is 11.6 Å². The molecule has 0 aliphatic carbocycles. The van der Waals surface area contributed by atoms with Crippen LogP contribution in [-0.2, 0) is 11.2 Å². The summed E-state index contributed by atoms with van der Waals surface area (Å²) in [6.45, 7) is 4.05. The summed E-state index contributed by atoms with van der Waals surface area (Å²) in [6.07, 6.45) is 0.660. The first kappa shape index (κ1) is 18.6. The monoisotopic (exact) mass is 402 g/mol. The molecule has 4 rings (SSSR count). The Balaban J connectivity index is 1.38. The maximum atomic E-state index is 13.6. The average molecular weight is 403 g/mol. The topological polar surface area (TPSA) is 66.6 Å². The third kappa shape index (κ3) is 3.91. The fourth-order valence-corrected chi connectivity index (χ4v) is 3.63. The second-order valence-corrected chi connectivity index (χ2v) is 7.32. The smallest absolute Gasteiger partial charge is 0.227 e. The molecule has 2 aromatic heterocycles. The third-order valence-corrected chi connectivity index (χ3v) is 5.12. The van der Waals surface area contributed by atoms with Crippen molar-refractivity contribution in [1.82, 2.24) is 24.7 Å². The summed E-state index contributed by atoms with van der Waals surface area (Å²) in [6, 6.07) is 8.81. The van der Waals surface area contributed by atoms with Gasteiger partial charge in [-0.3, -0.25) is 4.79 Å². The molecule has 146 valence electrons. The van der Waals surface area contributed by atoms with Crippen LogP contribution < -0.4 is 4.90 Å². The predicted molar refractivity (Wildman–Crippen MR) is 104 cm³/mol. The maximum absolute atomic E-state index is 13.6. The molecule has 3 heterocycles. The van der Waals surface area contributed by atoms with Crippen LogP contribution in [0.15, 0.2) is 36.7 Å². The van der Waals surface area contributed by atoms with Crippen LogP contribution in [-0.4, -0.2) is 56.8 Å². The molecule has 0 spiro atoms. The molecule has 7 nitrogen and oxygen atoms in total. The van der Waals surface area contributed by atoms with Crippen molar-refractivity contribution in [3.63, 3.8) is 0 Å². The molecule has 1 fully saturated rings. The number of alkyl halides is 1. The molecule has 9 heteroatoms. The fourth-order valence-electron chi connectivity index (χ4n) is 3.37. The summed E-state index contributed by atoms with van der Waals surface area (Å²) in [7, 11) is 0. The maximum Gasteiger partial charge on any atom is 0.227 e. The number of halogens is 2. The fraction of sp³-hybridized carbons (Fsp3) is 0.368. The van der Waals surface area contributed by atoms with Gasteiger partial charge in [-0.2, -0.15) is 4.52 Å². The van der Waals surface area contributed by atoms with E-state index in [2.05, 4.69) is 20.2 Å². The Morgan fingerprint density at radius 2 is 2.00 bits per heavy atom. The minimum atomic E-state index is -1.12. The normalized spacial score (nSPS) is 15.8. The van der Waals surface area contributed by atoms with Crippen LogP contribution in [0.4, 0.5) is 10.2 Å². The Kier molecular flexibility index (Phi) is 5.13. The van der Waals surface area contributed by atoms with E-state index in [1.165, 1.54) is 6.92 Å². The van der Waals surface area contributed by atoms with Crippen LogP contribution in [0.25, 0.3) is 5.65 Å². The molecule has 1 saturated heterocycles.